The van der Waals surface area contributed by atoms with Gasteiger partial charge in [-0.25, -0.2) is 19.0 Å². The minimum Gasteiger partial charge on any atom is -0.268 e. The standard InChI is InChI=1S/C21H12FN5O4/c1-11-17-18-16(10-23-19(17)26(24-11)13-7-5-12(22)6-8-13)20(28)25(21(18)29)14-3-2-4-15(9-14)27(30)31/h2-10H,1H3. The third-order valence-electron chi connectivity index (χ3n) is 5.09. The van der Waals surface area contributed by atoms with Crippen LogP contribution in [0.1, 0.15) is 26.4 Å². The van der Waals surface area contributed by atoms with Crippen molar-refractivity contribution in [3.8, 4) is 5.69 Å². The molecule has 1 aliphatic rings. The molecule has 0 fully saturated rings. The molecule has 10 heteroatoms. The molecule has 0 bridgehead atoms. The third kappa shape index (κ3) is 2.69. The topological polar surface area (TPSA) is 111 Å². The SMILES string of the molecule is Cc1nn(-c2ccc(F)cc2)c2ncc3c(c12)C(=O)N(c1cccc([N+](=O)[O-])c1)C3=O. The zero-order valence-corrected chi connectivity index (χ0v) is 15.9. The molecule has 3 heterocycles. The number of pyridine rings is 1. The zero-order chi connectivity index (χ0) is 21.9. The Labute approximate surface area is 173 Å². The van der Waals surface area contributed by atoms with E-state index < -0.39 is 22.6 Å². The van der Waals surface area contributed by atoms with Crippen molar-refractivity contribution in [3.05, 3.63) is 87.5 Å². The molecule has 0 N–H and O–H groups in total. The Kier molecular flexibility index (Phi) is 3.90. The van der Waals surface area contributed by atoms with E-state index in [2.05, 4.69) is 10.1 Å². The van der Waals surface area contributed by atoms with Crippen LogP contribution >= 0.6 is 0 Å². The van der Waals surface area contributed by atoms with Gasteiger partial charge in [0, 0.05) is 18.3 Å². The number of non-ortho nitro benzene ring substituents is 1. The van der Waals surface area contributed by atoms with Crippen LogP contribution in [0.4, 0.5) is 15.8 Å². The van der Waals surface area contributed by atoms with Crippen LogP contribution in [0.2, 0.25) is 0 Å². The number of nitro groups is 1. The van der Waals surface area contributed by atoms with Gasteiger partial charge in [-0.3, -0.25) is 19.7 Å². The number of hydrogen-bond acceptors (Lipinski definition) is 6. The smallest absolute Gasteiger partial charge is 0.268 e. The average Bonchev–Trinajstić information content (AvgIpc) is 3.22. The van der Waals surface area contributed by atoms with Crippen molar-refractivity contribution in [2.75, 3.05) is 4.90 Å². The lowest BCUT2D eigenvalue weighted by Gasteiger charge is -2.13. The van der Waals surface area contributed by atoms with Crippen molar-refractivity contribution >= 4 is 34.2 Å². The van der Waals surface area contributed by atoms with Gasteiger partial charge in [0.1, 0.15) is 5.82 Å². The molecule has 4 aromatic rings. The molecule has 152 valence electrons. The van der Waals surface area contributed by atoms with Gasteiger partial charge in [-0.2, -0.15) is 5.10 Å². The van der Waals surface area contributed by atoms with Crippen molar-refractivity contribution in [2.45, 2.75) is 6.92 Å². The van der Waals surface area contributed by atoms with Crippen LogP contribution in [-0.4, -0.2) is 31.5 Å². The lowest BCUT2D eigenvalue weighted by molar-refractivity contribution is -0.384. The van der Waals surface area contributed by atoms with Crippen molar-refractivity contribution in [2.24, 2.45) is 0 Å². The zero-order valence-electron chi connectivity index (χ0n) is 15.9. The van der Waals surface area contributed by atoms with E-state index >= 15 is 0 Å². The number of amides is 2. The second-order valence-corrected chi connectivity index (χ2v) is 6.94. The molecule has 0 saturated heterocycles. The number of nitro benzene ring substituents is 1. The largest absolute Gasteiger partial charge is 0.271 e. The molecule has 0 radical (unpaired) electrons. The van der Waals surface area contributed by atoms with Gasteiger partial charge in [-0.05, 0) is 37.3 Å². The highest BCUT2D eigenvalue weighted by Crippen LogP contribution is 2.35. The summed E-state index contributed by atoms with van der Waals surface area (Å²) in [6.07, 6.45) is 1.29. The fourth-order valence-corrected chi connectivity index (χ4v) is 3.70. The second kappa shape index (κ2) is 6.52. The predicted molar refractivity (Wildman–Crippen MR) is 108 cm³/mol. The van der Waals surface area contributed by atoms with Crippen LogP contribution in [0.3, 0.4) is 0 Å². The van der Waals surface area contributed by atoms with Crippen LogP contribution in [0.15, 0.2) is 54.7 Å². The van der Waals surface area contributed by atoms with E-state index in [-0.39, 0.29) is 22.5 Å². The summed E-state index contributed by atoms with van der Waals surface area (Å²) in [5.74, 6) is -1.64. The number of hydrogen-bond donors (Lipinski definition) is 0. The Hall–Kier alpha value is -4.47. The first-order valence-corrected chi connectivity index (χ1v) is 9.14. The number of imide groups is 1. The van der Waals surface area contributed by atoms with E-state index in [1.54, 1.807) is 6.92 Å². The number of halogens is 1. The minimum atomic E-state index is -0.621. The molecule has 1 aliphatic heterocycles. The summed E-state index contributed by atoms with van der Waals surface area (Å²) in [6.45, 7) is 1.68. The first kappa shape index (κ1) is 18.6. The van der Waals surface area contributed by atoms with Crippen molar-refractivity contribution in [1.82, 2.24) is 14.8 Å². The Balaban J connectivity index is 1.68. The molecule has 2 amide bonds. The highest BCUT2D eigenvalue weighted by Gasteiger charge is 2.40. The van der Waals surface area contributed by atoms with Gasteiger partial charge in [-0.1, -0.05) is 6.07 Å². The number of fused-ring (bicyclic) bond motifs is 3. The van der Waals surface area contributed by atoms with Crippen LogP contribution < -0.4 is 4.90 Å². The number of anilines is 1. The number of benzene rings is 2. The maximum atomic E-state index is 13.3. The molecule has 0 unspecified atom stereocenters. The molecule has 0 aliphatic carbocycles. The molecule has 2 aromatic heterocycles. The molecule has 5 rings (SSSR count). The number of aromatic nitrogens is 3. The first-order chi connectivity index (χ1) is 14.9. The molecule has 0 saturated carbocycles. The number of carbonyl (C=O) groups is 2. The minimum absolute atomic E-state index is 0.0887. The molecule has 0 spiro atoms. The van der Waals surface area contributed by atoms with Crippen molar-refractivity contribution < 1.29 is 18.9 Å². The van der Waals surface area contributed by atoms with E-state index in [4.69, 9.17) is 0 Å². The molecular weight excluding hydrogens is 405 g/mol. The van der Waals surface area contributed by atoms with Crippen molar-refractivity contribution in [3.63, 3.8) is 0 Å². The summed E-state index contributed by atoms with van der Waals surface area (Å²) in [5, 5.41) is 15.9. The maximum Gasteiger partial charge on any atom is 0.271 e. The molecule has 31 heavy (non-hydrogen) atoms. The Bertz CT molecular complexity index is 1430. The monoisotopic (exact) mass is 417 g/mol. The van der Waals surface area contributed by atoms with Gasteiger partial charge < -0.3 is 0 Å². The quantitative estimate of drug-likeness (QED) is 0.286. The van der Waals surface area contributed by atoms with Gasteiger partial charge >= 0.3 is 0 Å². The second-order valence-electron chi connectivity index (χ2n) is 6.94. The van der Waals surface area contributed by atoms with E-state index in [1.165, 1.54) is 59.4 Å². The molecular formula is C21H12FN5O4. The lowest BCUT2D eigenvalue weighted by Crippen LogP contribution is -2.29. The Morgan fingerprint density at radius 3 is 2.48 bits per heavy atom. The van der Waals surface area contributed by atoms with Crippen LogP contribution in [-0.2, 0) is 0 Å². The highest BCUT2D eigenvalue weighted by molar-refractivity contribution is 6.37. The lowest BCUT2D eigenvalue weighted by atomic mass is 10.1. The summed E-state index contributed by atoms with van der Waals surface area (Å²) in [5.41, 5.74) is 1.42. The fraction of sp³-hybridized carbons (Fsp3) is 0.0476. The van der Waals surface area contributed by atoms with Crippen LogP contribution in [0.25, 0.3) is 16.7 Å². The van der Waals surface area contributed by atoms with Gasteiger partial charge in [-0.15, -0.1) is 0 Å². The number of aryl methyl sites for hydroxylation is 1. The Morgan fingerprint density at radius 2 is 1.77 bits per heavy atom. The van der Waals surface area contributed by atoms with Gasteiger partial charge in [0.05, 0.1) is 38.5 Å². The summed E-state index contributed by atoms with van der Waals surface area (Å²) >= 11 is 0. The molecule has 0 atom stereocenters. The summed E-state index contributed by atoms with van der Waals surface area (Å²) in [4.78, 5) is 42.0. The van der Waals surface area contributed by atoms with E-state index in [0.29, 0.717) is 22.4 Å². The average molecular weight is 417 g/mol. The maximum absolute atomic E-state index is 13.3. The van der Waals surface area contributed by atoms with Gasteiger partial charge in [0.25, 0.3) is 17.5 Å². The van der Waals surface area contributed by atoms with E-state index in [0.717, 1.165) is 4.90 Å². The number of rotatable bonds is 3. The van der Waals surface area contributed by atoms with Gasteiger partial charge in [0.2, 0.25) is 0 Å². The van der Waals surface area contributed by atoms with Crippen molar-refractivity contribution in [1.29, 1.82) is 0 Å². The molecule has 9 nitrogen and oxygen atoms in total. The number of nitrogens with zero attached hydrogens (tertiary/aromatic N) is 5. The van der Waals surface area contributed by atoms with E-state index in [1.807, 2.05) is 0 Å². The predicted octanol–water partition coefficient (Wildman–Crippen LogP) is 3.58. The first-order valence-electron chi connectivity index (χ1n) is 9.14. The Morgan fingerprint density at radius 1 is 1.03 bits per heavy atom. The molecule has 2 aromatic carbocycles. The van der Waals surface area contributed by atoms with Crippen LogP contribution in [0.5, 0.6) is 0 Å². The van der Waals surface area contributed by atoms with Gasteiger partial charge in [0.15, 0.2) is 5.65 Å². The number of carbonyl (C=O) groups excluding carboxylic acids is 2. The summed E-state index contributed by atoms with van der Waals surface area (Å²) < 4.78 is 14.8. The highest BCUT2D eigenvalue weighted by atomic mass is 19.1. The third-order valence-corrected chi connectivity index (χ3v) is 5.09. The normalized spacial score (nSPS) is 13.2. The van der Waals surface area contributed by atoms with Crippen LogP contribution in [0, 0.1) is 22.9 Å². The fourth-order valence-electron chi connectivity index (χ4n) is 3.70. The summed E-state index contributed by atoms with van der Waals surface area (Å²) in [6, 6.07) is 10.9. The summed E-state index contributed by atoms with van der Waals surface area (Å²) in [7, 11) is 0. The van der Waals surface area contributed by atoms with E-state index in [9.17, 15) is 24.1 Å².